The molecule has 0 aliphatic heterocycles. The van der Waals surface area contributed by atoms with E-state index in [0.29, 0.717) is 0 Å². The van der Waals surface area contributed by atoms with E-state index in [-0.39, 0.29) is 29.5 Å². The van der Waals surface area contributed by atoms with Gasteiger partial charge in [-0.2, -0.15) is 0 Å². The second-order valence-corrected chi connectivity index (χ2v) is 10.5. The minimum absolute atomic E-state index is 0.0746. The monoisotopic (exact) mass is 470 g/mol. The summed E-state index contributed by atoms with van der Waals surface area (Å²) in [7, 11) is 0. The van der Waals surface area contributed by atoms with E-state index in [9.17, 15) is 4.79 Å². The van der Waals surface area contributed by atoms with Crippen LogP contribution in [0.5, 0.6) is 0 Å². The fraction of sp³-hybridized carbons (Fsp3) is 0.406. The minimum Gasteiger partial charge on any atom is -0.460 e. The lowest BCUT2D eigenvalue weighted by Gasteiger charge is -2.42. The average molecular weight is 471 g/mol. The molecule has 1 saturated carbocycles. The third kappa shape index (κ3) is 6.02. The molecule has 3 aromatic carbocycles. The lowest BCUT2D eigenvalue weighted by atomic mass is 9.66. The number of esters is 1. The molecule has 3 atom stereocenters. The first-order valence-electron chi connectivity index (χ1n) is 12.9. The van der Waals surface area contributed by atoms with Crippen molar-refractivity contribution in [3.63, 3.8) is 0 Å². The van der Waals surface area contributed by atoms with Crippen LogP contribution >= 0.6 is 0 Å². The molecule has 1 aliphatic rings. The number of carbonyl (C=O) groups is 1. The molecular weight excluding hydrogens is 432 g/mol. The van der Waals surface area contributed by atoms with E-state index in [0.717, 1.165) is 31.2 Å². The maximum atomic E-state index is 13.4. The first-order chi connectivity index (χ1) is 16.9. The third-order valence-corrected chi connectivity index (χ3v) is 7.36. The predicted molar refractivity (Wildman–Crippen MR) is 142 cm³/mol. The summed E-state index contributed by atoms with van der Waals surface area (Å²) in [5.74, 6) is -0.0322. The molecule has 35 heavy (non-hydrogen) atoms. The van der Waals surface area contributed by atoms with Crippen molar-refractivity contribution in [1.82, 2.24) is 0 Å². The summed E-state index contributed by atoms with van der Waals surface area (Å²) in [6.45, 7) is 8.49. The molecule has 0 N–H and O–H groups in total. The minimum atomic E-state index is -0.702. The summed E-state index contributed by atoms with van der Waals surface area (Å²) in [6, 6.07) is 29.0. The van der Waals surface area contributed by atoms with Crippen molar-refractivity contribution in [2.24, 2.45) is 5.92 Å². The van der Waals surface area contributed by atoms with Gasteiger partial charge in [-0.3, -0.25) is 0 Å². The molecule has 184 valence electrons. The Morgan fingerprint density at radius 1 is 0.800 bits per heavy atom. The van der Waals surface area contributed by atoms with E-state index < -0.39 is 6.10 Å². The van der Waals surface area contributed by atoms with E-state index in [4.69, 9.17) is 9.47 Å². The second kappa shape index (κ2) is 11.2. The average Bonchev–Trinajstić information content (AvgIpc) is 2.88. The van der Waals surface area contributed by atoms with Crippen LogP contribution in [0.1, 0.15) is 70.6 Å². The molecule has 0 aromatic heterocycles. The van der Waals surface area contributed by atoms with Gasteiger partial charge in [-0.25, -0.2) is 4.79 Å². The van der Waals surface area contributed by atoms with Gasteiger partial charge >= 0.3 is 5.97 Å². The van der Waals surface area contributed by atoms with Crippen LogP contribution in [-0.2, 0) is 19.7 Å². The molecular formula is C32H38O3. The molecule has 4 rings (SSSR count). The first kappa shape index (κ1) is 25.2. The fourth-order valence-electron chi connectivity index (χ4n) is 5.38. The van der Waals surface area contributed by atoms with Crippen molar-refractivity contribution < 1.29 is 14.3 Å². The highest BCUT2D eigenvalue weighted by atomic mass is 16.6. The summed E-state index contributed by atoms with van der Waals surface area (Å²) in [5.41, 5.74) is 4.44. The molecule has 0 heterocycles. The number of benzene rings is 3. The normalized spacial score (nSPS) is 19.3. The molecule has 0 unspecified atom stereocenters. The lowest BCUT2D eigenvalue weighted by molar-refractivity contribution is -0.172. The number of hydrogen-bond donors (Lipinski definition) is 0. The SMILES string of the molecule is CC(C)O[C@@H](C(=O)O[C@H]1CCCC[C@@H]1C(C)(C)c1ccc(-c2ccccc2)cc1)c1ccccc1. The maximum absolute atomic E-state index is 13.4. The Balaban J connectivity index is 1.54. The van der Waals surface area contributed by atoms with Gasteiger partial charge in [0, 0.05) is 5.92 Å². The molecule has 0 spiro atoms. The topological polar surface area (TPSA) is 35.5 Å². The zero-order valence-corrected chi connectivity index (χ0v) is 21.4. The van der Waals surface area contributed by atoms with E-state index in [2.05, 4.69) is 62.4 Å². The second-order valence-electron chi connectivity index (χ2n) is 10.5. The quantitative estimate of drug-likeness (QED) is 0.314. The molecule has 0 bridgehead atoms. The zero-order chi connectivity index (χ0) is 24.8. The summed E-state index contributed by atoms with van der Waals surface area (Å²) in [4.78, 5) is 13.4. The smallest absolute Gasteiger partial charge is 0.340 e. The first-order valence-corrected chi connectivity index (χ1v) is 12.9. The van der Waals surface area contributed by atoms with Crippen molar-refractivity contribution >= 4 is 5.97 Å². The third-order valence-electron chi connectivity index (χ3n) is 7.36. The van der Waals surface area contributed by atoms with Gasteiger partial charge in [-0.15, -0.1) is 0 Å². The molecule has 3 aromatic rings. The van der Waals surface area contributed by atoms with Gasteiger partial charge in [0.25, 0.3) is 0 Å². The number of hydrogen-bond acceptors (Lipinski definition) is 3. The Bertz CT molecular complexity index is 1070. The highest BCUT2D eigenvalue weighted by molar-refractivity contribution is 5.76. The summed E-state index contributed by atoms with van der Waals surface area (Å²) >= 11 is 0. The van der Waals surface area contributed by atoms with E-state index in [1.807, 2.05) is 50.2 Å². The number of rotatable bonds is 8. The van der Waals surface area contributed by atoms with Gasteiger partial charge in [0.15, 0.2) is 6.10 Å². The van der Waals surface area contributed by atoms with Crippen molar-refractivity contribution in [2.45, 2.75) is 77.1 Å². The Morgan fingerprint density at radius 2 is 1.37 bits per heavy atom. The van der Waals surface area contributed by atoms with E-state index >= 15 is 0 Å². The molecule has 1 fully saturated rings. The Labute approximate surface area is 210 Å². The van der Waals surface area contributed by atoms with E-state index in [1.54, 1.807) is 0 Å². The van der Waals surface area contributed by atoms with Crippen LogP contribution in [0.4, 0.5) is 0 Å². The Hall–Kier alpha value is -2.91. The predicted octanol–water partition coefficient (Wildman–Crippen LogP) is 7.90. The maximum Gasteiger partial charge on any atom is 0.340 e. The van der Waals surface area contributed by atoms with Gasteiger partial charge in [0.05, 0.1) is 6.10 Å². The van der Waals surface area contributed by atoms with Crippen molar-refractivity contribution in [3.8, 4) is 11.1 Å². The van der Waals surface area contributed by atoms with Crippen LogP contribution in [0.15, 0.2) is 84.9 Å². The van der Waals surface area contributed by atoms with Crippen LogP contribution < -0.4 is 0 Å². The van der Waals surface area contributed by atoms with Crippen molar-refractivity contribution in [3.05, 3.63) is 96.1 Å². The van der Waals surface area contributed by atoms with Crippen LogP contribution in [-0.4, -0.2) is 18.2 Å². The number of carbonyl (C=O) groups excluding carboxylic acids is 1. The highest BCUT2D eigenvalue weighted by Gasteiger charge is 2.41. The number of ether oxygens (including phenoxy) is 2. The molecule has 0 amide bonds. The molecule has 3 heteroatoms. The Kier molecular flexibility index (Phi) is 8.07. The zero-order valence-electron chi connectivity index (χ0n) is 21.4. The van der Waals surface area contributed by atoms with Gasteiger partial charge < -0.3 is 9.47 Å². The molecule has 0 saturated heterocycles. The van der Waals surface area contributed by atoms with Gasteiger partial charge in [-0.1, -0.05) is 105 Å². The summed E-state index contributed by atoms with van der Waals surface area (Å²) in [5, 5.41) is 0. The van der Waals surface area contributed by atoms with Gasteiger partial charge in [-0.05, 0) is 60.8 Å². The lowest BCUT2D eigenvalue weighted by Crippen LogP contribution is -2.42. The standard InChI is InChI=1S/C32H38O3/c1-23(2)34-30(26-15-9-6-10-16-26)31(33)35-29-18-12-11-17-28(29)32(3,4)27-21-19-25(20-22-27)24-13-7-5-8-14-24/h5-10,13-16,19-23,28-30H,11-12,17-18H2,1-4H3/t28-,29-,30+/m0/s1. The molecule has 1 aliphatic carbocycles. The fourth-order valence-corrected chi connectivity index (χ4v) is 5.38. The van der Waals surface area contributed by atoms with E-state index in [1.165, 1.54) is 16.7 Å². The van der Waals surface area contributed by atoms with Crippen LogP contribution in [0.2, 0.25) is 0 Å². The summed E-state index contributed by atoms with van der Waals surface area (Å²) in [6.07, 6.45) is 3.29. The molecule has 3 nitrogen and oxygen atoms in total. The largest absolute Gasteiger partial charge is 0.460 e. The van der Waals surface area contributed by atoms with Gasteiger partial charge in [0.2, 0.25) is 0 Å². The van der Waals surface area contributed by atoms with Crippen molar-refractivity contribution in [2.75, 3.05) is 0 Å². The van der Waals surface area contributed by atoms with Crippen LogP contribution in [0.25, 0.3) is 11.1 Å². The summed E-state index contributed by atoms with van der Waals surface area (Å²) < 4.78 is 12.3. The highest BCUT2D eigenvalue weighted by Crippen LogP contribution is 2.43. The van der Waals surface area contributed by atoms with Crippen LogP contribution in [0.3, 0.4) is 0 Å². The van der Waals surface area contributed by atoms with Crippen LogP contribution in [0, 0.1) is 5.92 Å². The van der Waals surface area contributed by atoms with Gasteiger partial charge in [0.1, 0.15) is 6.10 Å². The molecule has 0 radical (unpaired) electrons. The Morgan fingerprint density at radius 3 is 2.00 bits per heavy atom. The van der Waals surface area contributed by atoms with Crippen molar-refractivity contribution in [1.29, 1.82) is 0 Å².